The highest BCUT2D eigenvalue weighted by Gasteiger charge is 2.29. The van der Waals surface area contributed by atoms with E-state index in [9.17, 15) is 13.2 Å². The molecule has 1 heterocycles. The number of carbonyl (C=O) groups is 1. The van der Waals surface area contributed by atoms with Crippen LogP contribution in [0.5, 0.6) is 0 Å². The first kappa shape index (κ1) is 23.6. The molecule has 2 aliphatic rings. The Kier molecular flexibility index (Phi) is 8.13. The maximum atomic E-state index is 12.9. The summed E-state index contributed by atoms with van der Waals surface area (Å²) in [5.41, 5.74) is 0.781. The number of carbonyl (C=O) groups excluding carboxylic acids is 1. The summed E-state index contributed by atoms with van der Waals surface area (Å²) in [6.45, 7) is 7.43. The highest BCUT2D eigenvalue weighted by molar-refractivity contribution is 7.93. The largest absolute Gasteiger partial charge is 0.352 e. The normalized spacial score (nSPS) is 23.8. The molecule has 9 heteroatoms. The fourth-order valence-corrected chi connectivity index (χ4v) is 5.10. The molecular formula is C23H29N5O3S. The Bertz CT molecular complexity index is 1040. The Morgan fingerprint density at radius 3 is 2.72 bits per heavy atom. The van der Waals surface area contributed by atoms with Crippen molar-refractivity contribution in [1.82, 2.24) is 19.8 Å². The molecule has 0 spiro atoms. The van der Waals surface area contributed by atoms with E-state index in [1.54, 1.807) is 47.5 Å². The number of nitrogens with one attached hydrogen (secondary N) is 2. The van der Waals surface area contributed by atoms with Gasteiger partial charge in [0.25, 0.3) is 0 Å². The molecule has 32 heavy (non-hydrogen) atoms. The Morgan fingerprint density at radius 2 is 2.06 bits per heavy atom. The van der Waals surface area contributed by atoms with Gasteiger partial charge < -0.3 is 5.32 Å². The van der Waals surface area contributed by atoms with Crippen LogP contribution in [0.4, 0.5) is 0 Å². The molecule has 170 valence electrons. The molecule has 1 amide bonds. The zero-order chi connectivity index (χ0) is 23.0. The Labute approximate surface area is 189 Å². The van der Waals surface area contributed by atoms with Gasteiger partial charge in [-0.25, -0.2) is 13.1 Å². The molecule has 1 fully saturated rings. The molecule has 0 saturated heterocycles. The van der Waals surface area contributed by atoms with Crippen LogP contribution in [-0.2, 0) is 14.8 Å². The fraction of sp³-hybridized carbons (Fsp3) is 0.348. The number of hydrogen-bond donors (Lipinski definition) is 2. The first-order chi connectivity index (χ1) is 15.4. The van der Waals surface area contributed by atoms with Crippen molar-refractivity contribution in [3.05, 3.63) is 78.2 Å². The lowest BCUT2D eigenvalue weighted by molar-refractivity contribution is -0.125. The molecule has 1 aromatic rings. The van der Waals surface area contributed by atoms with Crippen LogP contribution in [0, 0.1) is 5.92 Å². The molecule has 8 nitrogen and oxygen atoms in total. The number of allylic oxidation sites excluding steroid dienone is 5. The van der Waals surface area contributed by atoms with Gasteiger partial charge in [0.05, 0.1) is 10.9 Å². The molecule has 0 aliphatic heterocycles. The monoisotopic (exact) mass is 455 g/mol. The van der Waals surface area contributed by atoms with Crippen LogP contribution in [-0.4, -0.2) is 43.4 Å². The average molecular weight is 456 g/mol. The number of hydrogen-bond acceptors (Lipinski definition) is 5. The quantitative estimate of drug-likeness (QED) is 0.441. The minimum Gasteiger partial charge on any atom is -0.352 e. The number of sulfonamides is 1. The highest BCUT2D eigenvalue weighted by Crippen LogP contribution is 2.26. The minimum absolute atomic E-state index is 0.0349. The van der Waals surface area contributed by atoms with Crippen LogP contribution in [0.15, 0.2) is 83.2 Å². The summed E-state index contributed by atoms with van der Waals surface area (Å²) in [7, 11) is -3.66. The van der Waals surface area contributed by atoms with Crippen molar-refractivity contribution in [2.75, 3.05) is 6.54 Å². The molecule has 0 aromatic carbocycles. The number of nitrogens with zero attached hydrogens (tertiary/aromatic N) is 3. The minimum atomic E-state index is -3.66. The van der Waals surface area contributed by atoms with E-state index < -0.39 is 10.0 Å². The van der Waals surface area contributed by atoms with E-state index in [1.807, 2.05) is 18.3 Å². The summed E-state index contributed by atoms with van der Waals surface area (Å²) >= 11 is 0. The van der Waals surface area contributed by atoms with Crippen molar-refractivity contribution in [2.45, 2.75) is 37.8 Å². The fourth-order valence-electron chi connectivity index (χ4n) is 3.77. The van der Waals surface area contributed by atoms with Gasteiger partial charge in [-0.3, -0.25) is 14.5 Å². The second-order valence-corrected chi connectivity index (χ2v) is 9.48. The molecule has 2 aliphatic carbocycles. The smallest absolute Gasteiger partial charge is 0.240 e. The predicted octanol–water partition coefficient (Wildman–Crippen LogP) is 2.80. The lowest BCUT2D eigenvalue weighted by atomic mass is 9.86. The summed E-state index contributed by atoms with van der Waals surface area (Å²) in [6, 6.07) is 1.49. The molecule has 3 rings (SSSR count). The molecule has 1 saturated carbocycles. The molecule has 0 bridgehead atoms. The van der Waals surface area contributed by atoms with E-state index in [1.165, 1.54) is 0 Å². The molecule has 1 atom stereocenters. The molecule has 0 radical (unpaired) electrons. The van der Waals surface area contributed by atoms with Crippen LogP contribution in [0.25, 0.3) is 0 Å². The van der Waals surface area contributed by atoms with E-state index in [2.05, 4.69) is 33.4 Å². The second-order valence-electron chi connectivity index (χ2n) is 7.77. The Hall–Kier alpha value is -3.04. The van der Waals surface area contributed by atoms with Crippen LogP contribution in [0.1, 0.15) is 31.7 Å². The summed E-state index contributed by atoms with van der Waals surface area (Å²) in [5.74, 6) is -0.166. The number of aliphatic imine (C=N–C) groups is 1. The SMILES string of the molecule is C=C/C(=C\N=C)CNC(=O)C1CCC(NS(=O)(=O)C2=CC=CC(n3cccn3)C=C2)CC1. The van der Waals surface area contributed by atoms with Crippen LogP contribution < -0.4 is 10.0 Å². The zero-order valence-electron chi connectivity index (χ0n) is 17.9. The van der Waals surface area contributed by atoms with Crippen molar-refractivity contribution >= 4 is 22.6 Å². The molecule has 1 unspecified atom stereocenters. The van der Waals surface area contributed by atoms with Crippen molar-refractivity contribution in [3.63, 3.8) is 0 Å². The van der Waals surface area contributed by atoms with E-state index in [-0.39, 0.29) is 28.8 Å². The third kappa shape index (κ3) is 6.24. The zero-order valence-corrected chi connectivity index (χ0v) is 18.7. The maximum Gasteiger partial charge on any atom is 0.240 e. The highest BCUT2D eigenvalue weighted by atomic mass is 32.2. The van der Waals surface area contributed by atoms with Gasteiger partial charge >= 0.3 is 0 Å². The summed E-state index contributed by atoms with van der Waals surface area (Å²) < 4.78 is 30.3. The van der Waals surface area contributed by atoms with Gasteiger partial charge in [0, 0.05) is 37.1 Å². The van der Waals surface area contributed by atoms with Gasteiger partial charge in [-0.15, -0.1) is 0 Å². The van der Waals surface area contributed by atoms with E-state index in [0.717, 1.165) is 5.57 Å². The number of rotatable bonds is 9. The van der Waals surface area contributed by atoms with Gasteiger partial charge in [0.15, 0.2) is 0 Å². The third-order valence-electron chi connectivity index (χ3n) is 5.57. The summed E-state index contributed by atoms with van der Waals surface area (Å²) in [4.78, 5) is 16.3. The van der Waals surface area contributed by atoms with Gasteiger partial charge in [0.1, 0.15) is 0 Å². The van der Waals surface area contributed by atoms with Crippen molar-refractivity contribution in [2.24, 2.45) is 10.9 Å². The lowest BCUT2D eigenvalue weighted by Crippen LogP contribution is -2.41. The van der Waals surface area contributed by atoms with Crippen molar-refractivity contribution < 1.29 is 13.2 Å². The lowest BCUT2D eigenvalue weighted by Gasteiger charge is -2.28. The first-order valence-electron chi connectivity index (χ1n) is 10.6. The first-order valence-corrected chi connectivity index (χ1v) is 12.0. The predicted molar refractivity (Wildman–Crippen MR) is 126 cm³/mol. The molecular weight excluding hydrogens is 426 g/mol. The topological polar surface area (TPSA) is 105 Å². The van der Waals surface area contributed by atoms with Gasteiger partial charge in [-0.2, -0.15) is 5.10 Å². The third-order valence-corrected chi connectivity index (χ3v) is 7.11. The second kappa shape index (κ2) is 11.0. The maximum absolute atomic E-state index is 12.9. The van der Waals surface area contributed by atoms with Crippen LogP contribution in [0.2, 0.25) is 0 Å². The van der Waals surface area contributed by atoms with Gasteiger partial charge in [0.2, 0.25) is 15.9 Å². The summed E-state index contributed by atoms with van der Waals surface area (Å²) in [5, 5.41) is 7.09. The average Bonchev–Trinajstić information content (AvgIpc) is 3.20. The van der Waals surface area contributed by atoms with Crippen molar-refractivity contribution in [1.29, 1.82) is 0 Å². The van der Waals surface area contributed by atoms with Gasteiger partial charge in [-0.05, 0) is 56.2 Å². The Balaban J connectivity index is 1.51. The van der Waals surface area contributed by atoms with Gasteiger partial charge in [-0.1, -0.05) is 30.9 Å². The molecule has 1 aromatic heterocycles. The Morgan fingerprint density at radius 1 is 1.28 bits per heavy atom. The van der Waals surface area contributed by atoms with E-state index in [4.69, 9.17) is 0 Å². The van der Waals surface area contributed by atoms with Crippen LogP contribution >= 0.6 is 0 Å². The van der Waals surface area contributed by atoms with Crippen molar-refractivity contribution in [3.8, 4) is 0 Å². The van der Waals surface area contributed by atoms with E-state index in [0.29, 0.717) is 32.2 Å². The standard InChI is InChI=1S/C23H29N5O3S/c1-3-18(16-24-2)17-25-23(29)19-8-10-20(11-9-19)27-32(30,31)22-7-4-6-21(12-13-22)28-15-5-14-26-28/h3-7,12-16,19-21,27H,1-2,8-11,17H2,(H,25,29)/b18-16+. The number of amides is 1. The van der Waals surface area contributed by atoms with E-state index >= 15 is 0 Å². The molecule has 2 N–H and O–H groups in total. The van der Waals surface area contributed by atoms with Crippen LogP contribution in [0.3, 0.4) is 0 Å². The summed E-state index contributed by atoms with van der Waals surface area (Å²) in [6.07, 6.45) is 17.8. The number of aromatic nitrogens is 2.